The molecular formula is C32H36N8O. The number of carbonyl (C=O) groups is 1. The number of aromatic nitrogens is 4. The van der Waals surface area contributed by atoms with Crippen molar-refractivity contribution in [1.82, 2.24) is 29.5 Å². The zero-order chi connectivity index (χ0) is 28.9. The molecule has 2 aromatic carbocycles. The maximum absolute atomic E-state index is 13.1. The number of carbonyl (C=O) groups excluding carboxylic acids is 1. The number of piperazine rings is 1. The van der Waals surface area contributed by atoms with Gasteiger partial charge in [0.1, 0.15) is 0 Å². The van der Waals surface area contributed by atoms with E-state index in [1.807, 2.05) is 57.4 Å². The summed E-state index contributed by atoms with van der Waals surface area (Å²) in [6, 6.07) is 11.7. The number of nitrogens with zero attached hydrogens (tertiary/aromatic N) is 6. The maximum atomic E-state index is 13.1. The van der Waals surface area contributed by atoms with Gasteiger partial charge in [-0.1, -0.05) is 24.0 Å². The van der Waals surface area contributed by atoms with Gasteiger partial charge in [-0.15, -0.1) is 0 Å². The van der Waals surface area contributed by atoms with Crippen molar-refractivity contribution in [1.29, 1.82) is 0 Å². The van der Waals surface area contributed by atoms with Crippen molar-refractivity contribution in [3.05, 3.63) is 94.1 Å². The van der Waals surface area contributed by atoms with Crippen LogP contribution >= 0.6 is 0 Å². The van der Waals surface area contributed by atoms with Crippen LogP contribution in [0.2, 0.25) is 0 Å². The second-order valence-electron chi connectivity index (χ2n) is 10.7. The monoisotopic (exact) mass is 548 g/mol. The summed E-state index contributed by atoms with van der Waals surface area (Å²) in [7, 11) is 4.04. The van der Waals surface area contributed by atoms with E-state index in [0.717, 1.165) is 60.9 Å². The predicted octanol–water partition coefficient (Wildman–Crippen LogP) is 4.28. The Kier molecular flexibility index (Phi) is 8.43. The van der Waals surface area contributed by atoms with Gasteiger partial charge >= 0.3 is 0 Å². The van der Waals surface area contributed by atoms with Crippen LogP contribution in [0.4, 0.5) is 17.3 Å². The molecule has 9 nitrogen and oxygen atoms in total. The molecule has 0 unspecified atom stereocenters. The first-order valence-corrected chi connectivity index (χ1v) is 13.8. The summed E-state index contributed by atoms with van der Waals surface area (Å²) in [6.07, 6.45) is 5.23. The Hall–Kier alpha value is -4.52. The van der Waals surface area contributed by atoms with E-state index >= 15 is 0 Å². The fraction of sp³-hybridized carbons (Fsp3) is 0.312. The average molecular weight is 549 g/mol. The zero-order valence-corrected chi connectivity index (χ0v) is 24.3. The highest BCUT2D eigenvalue weighted by Gasteiger charge is 2.15. The van der Waals surface area contributed by atoms with Crippen molar-refractivity contribution in [2.24, 2.45) is 7.05 Å². The van der Waals surface area contributed by atoms with E-state index in [1.54, 1.807) is 17.1 Å². The number of amides is 1. The van der Waals surface area contributed by atoms with Gasteiger partial charge in [0.15, 0.2) is 0 Å². The summed E-state index contributed by atoms with van der Waals surface area (Å²) in [5, 5.41) is 10.5. The molecule has 5 rings (SSSR count). The van der Waals surface area contributed by atoms with Crippen molar-refractivity contribution in [3.8, 4) is 11.8 Å². The Morgan fingerprint density at radius 1 is 0.927 bits per heavy atom. The highest BCUT2D eigenvalue weighted by Crippen LogP contribution is 2.20. The van der Waals surface area contributed by atoms with Crippen molar-refractivity contribution in [2.45, 2.75) is 27.3 Å². The molecule has 0 aliphatic carbocycles. The summed E-state index contributed by atoms with van der Waals surface area (Å²) >= 11 is 0. The van der Waals surface area contributed by atoms with Crippen LogP contribution in [0.5, 0.6) is 0 Å². The molecule has 9 heteroatoms. The Balaban J connectivity index is 1.23. The number of anilines is 3. The highest BCUT2D eigenvalue weighted by atomic mass is 16.1. The van der Waals surface area contributed by atoms with Crippen LogP contribution in [0.15, 0.2) is 55.0 Å². The van der Waals surface area contributed by atoms with Crippen molar-refractivity contribution >= 4 is 23.2 Å². The lowest BCUT2D eigenvalue weighted by atomic mass is 10.0. The first-order valence-electron chi connectivity index (χ1n) is 13.8. The first-order chi connectivity index (χ1) is 19.7. The van der Waals surface area contributed by atoms with E-state index in [1.165, 1.54) is 11.1 Å². The lowest BCUT2D eigenvalue weighted by Crippen LogP contribution is -2.43. The third-order valence-electron chi connectivity index (χ3n) is 7.34. The quantitative estimate of drug-likeness (QED) is 0.348. The molecule has 2 N–H and O–H groups in total. The van der Waals surface area contributed by atoms with E-state index < -0.39 is 0 Å². The topological polar surface area (TPSA) is 91.2 Å². The molecular weight excluding hydrogens is 512 g/mol. The lowest BCUT2D eigenvalue weighted by molar-refractivity contribution is 0.102. The van der Waals surface area contributed by atoms with Crippen LogP contribution in [-0.4, -0.2) is 68.7 Å². The van der Waals surface area contributed by atoms with E-state index in [-0.39, 0.29) is 5.91 Å². The number of rotatable bonds is 6. The predicted molar refractivity (Wildman–Crippen MR) is 162 cm³/mol. The second-order valence-corrected chi connectivity index (χ2v) is 10.7. The standard InChI is InChI=1S/C32H36N8O/c1-22-6-8-27(31(41)35-29-11-10-28(23(2)16-29)20-40-14-12-38(4)13-15-40)17-26(22)9-7-25-18-33-32(34-19-25)36-30-21-39(5)37-24(30)3/h6,8,10-11,16-19,21H,12-15,20H2,1-5H3,(H,35,41)(H,33,34,36). The maximum Gasteiger partial charge on any atom is 0.255 e. The summed E-state index contributed by atoms with van der Waals surface area (Å²) in [5.41, 5.74) is 7.99. The minimum atomic E-state index is -0.163. The minimum Gasteiger partial charge on any atom is -0.322 e. The van der Waals surface area contributed by atoms with Crippen molar-refractivity contribution < 1.29 is 4.79 Å². The summed E-state index contributed by atoms with van der Waals surface area (Å²) in [5.74, 6) is 6.61. The van der Waals surface area contributed by atoms with Crippen LogP contribution < -0.4 is 10.6 Å². The molecule has 1 aliphatic rings. The molecule has 41 heavy (non-hydrogen) atoms. The molecule has 1 fully saturated rings. The van der Waals surface area contributed by atoms with E-state index in [2.05, 4.69) is 67.4 Å². The smallest absolute Gasteiger partial charge is 0.255 e. The fourth-order valence-electron chi connectivity index (χ4n) is 4.74. The Labute approximate surface area is 241 Å². The summed E-state index contributed by atoms with van der Waals surface area (Å²) < 4.78 is 1.74. The molecule has 0 radical (unpaired) electrons. The van der Waals surface area contributed by atoms with Gasteiger partial charge in [-0.3, -0.25) is 14.4 Å². The van der Waals surface area contributed by atoms with Crippen molar-refractivity contribution in [3.63, 3.8) is 0 Å². The van der Waals surface area contributed by atoms with E-state index in [0.29, 0.717) is 17.1 Å². The summed E-state index contributed by atoms with van der Waals surface area (Å²) in [4.78, 5) is 26.7. The lowest BCUT2D eigenvalue weighted by Gasteiger charge is -2.32. The number of likely N-dealkylation sites (N-methyl/N-ethyl adjacent to an activating group) is 1. The summed E-state index contributed by atoms with van der Waals surface area (Å²) in [6.45, 7) is 11.3. The number of nitrogens with one attached hydrogen (secondary N) is 2. The Bertz CT molecular complexity index is 1610. The molecule has 1 saturated heterocycles. The van der Waals surface area contributed by atoms with Gasteiger partial charge in [0, 0.05) is 75.2 Å². The molecule has 0 saturated carbocycles. The molecule has 3 heterocycles. The molecule has 210 valence electrons. The van der Waals surface area contributed by atoms with Gasteiger partial charge in [0.25, 0.3) is 5.91 Å². The van der Waals surface area contributed by atoms with Gasteiger partial charge in [0.05, 0.1) is 16.9 Å². The molecule has 0 spiro atoms. The highest BCUT2D eigenvalue weighted by molar-refractivity contribution is 6.04. The molecule has 2 aromatic heterocycles. The third kappa shape index (κ3) is 7.17. The molecule has 1 aliphatic heterocycles. The number of hydrogen-bond donors (Lipinski definition) is 2. The van der Waals surface area contributed by atoms with Gasteiger partial charge in [-0.25, -0.2) is 9.97 Å². The van der Waals surface area contributed by atoms with Crippen LogP contribution in [0, 0.1) is 32.6 Å². The van der Waals surface area contributed by atoms with Crippen LogP contribution in [-0.2, 0) is 13.6 Å². The van der Waals surface area contributed by atoms with Gasteiger partial charge in [-0.2, -0.15) is 5.10 Å². The van der Waals surface area contributed by atoms with Gasteiger partial charge in [-0.05, 0) is 68.8 Å². The molecule has 1 amide bonds. The second kappa shape index (κ2) is 12.3. The SMILES string of the molecule is Cc1ccc(C(=O)Nc2ccc(CN3CCN(C)CC3)c(C)c2)cc1C#Cc1cnc(Nc2cn(C)nc2C)nc1. The molecule has 0 atom stereocenters. The first kappa shape index (κ1) is 28.0. The Morgan fingerprint density at radius 3 is 2.37 bits per heavy atom. The molecule has 4 aromatic rings. The third-order valence-corrected chi connectivity index (χ3v) is 7.34. The number of benzene rings is 2. The Morgan fingerprint density at radius 2 is 1.68 bits per heavy atom. The van der Waals surface area contributed by atoms with E-state index in [4.69, 9.17) is 0 Å². The largest absolute Gasteiger partial charge is 0.322 e. The van der Waals surface area contributed by atoms with Crippen LogP contribution in [0.3, 0.4) is 0 Å². The zero-order valence-electron chi connectivity index (χ0n) is 24.3. The fourth-order valence-corrected chi connectivity index (χ4v) is 4.74. The van der Waals surface area contributed by atoms with Crippen LogP contribution in [0.25, 0.3) is 0 Å². The average Bonchev–Trinajstić information content (AvgIpc) is 3.27. The normalized spacial score (nSPS) is 13.9. The van der Waals surface area contributed by atoms with Gasteiger partial charge < -0.3 is 15.5 Å². The van der Waals surface area contributed by atoms with E-state index in [9.17, 15) is 4.79 Å². The van der Waals surface area contributed by atoms with Crippen molar-refractivity contribution in [2.75, 3.05) is 43.9 Å². The van der Waals surface area contributed by atoms with Crippen LogP contribution in [0.1, 0.15) is 43.9 Å². The number of hydrogen-bond acceptors (Lipinski definition) is 7. The molecule has 0 bridgehead atoms. The minimum absolute atomic E-state index is 0.163. The van der Waals surface area contributed by atoms with Gasteiger partial charge in [0.2, 0.25) is 5.95 Å². The number of aryl methyl sites for hydroxylation is 4.